The van der Waals surface area contributed by atoms with Gasteiger partial charge in [-0.15, -0.1) is 0 Å². The van der Waals surface area contributed by atoms with Crippen molar-refractivity contribution in [2.45, 2.75) is 6.92 Å². The first-order valence-electron chi connectivity index (χ1n) is 3.08. The largest absolute Gasteiger partial charge is 0.344 e. The lowest BCUT2D eigenvalue weighted by Crippen LogP contribution is -2.10. The van der Waals surface area contributed by atoms with Gasteiger partial charge in [-0.3, -0.25) is 5.43 Å². The monoisotopic (exact) mass is 168 g/mol. The number of aromatic nitrogens is 2. The highest BCUT2D eigenvalue weighted by atomic mass is 32.1. The predicted molar refractivity (Wildman–Crippen MR) is 47.6 cm³/mol. The Bertz CT molecular complexity index is 252. The fraction of sp³-hybridized carbons (Fsp3) is 0.167. The third kappa shape index (κ3) is 2.90. The van der Waals surface area contributed by atoms with Crippen LogP contribution in [-0.4, -0.2) is 21.2 Å². The van der Waals surface area contributed by atoms with Crippen LogP contribution < -0.4 is 5.43 Å². The van der Waals surface area contributed by atoms with Gasteiger partial charge < -0.3 is 4.98 Å². The number of hydrazone groups is 1. The summed E-state index contributed by atoms with van der Waals surface area (Å²) in [6.07, 6.45) is 4.95. The molecular weight excluding hydrogens is 160 g/mol. The Morgan fingerprint density at radius 1 is 1.91 bits per heavy atom. The summed E-state index contributed by atoms with van der Waals surface area (Å²) in [7, 11) is 0. The van der Waals surface area contributed by atoms with Crippen LogP contribution in [-0.2, 0) is 0 Å². The van der Waals surface area contributed by atoms with Gasteiger partial charge in [0.15, 0.2) is 0 Å². The number of H-pyrrole nitrogens is 1. The summed E-state index contributed by atoms with van der Waals surface area (Å²) < 4.78 is 0. The topological polar surface area (TPSA) is 53.1 Å². The molecule has 2 N–H and O–H groups in total. The Labute approximate surface area is 69.7 Å². The fourth-order valence-corrected chi connectivity index (χ4v) is 0.585. The van der Waals surface area contributed by atoms with E-state index in [9.17, 15) is 0 Å². The van der Waals surface area contributed by atoms with Crippen molar-refractivity contribution < 1.29 is 0 Å². The average Bonchev–Trinajstić information content (AvgIpc) is 2.39. The van der Waals surface area contributed by atoms with E-state index in [0.29, 0.717) is 10.8 Å². The van der Waals surface area contributed by atoms with Crippen molar-refractivity contribution in [3.63, 3.8) is 0 Å². The second kappa shape index (κ2) is 3.82. The van der Waals surface area contributed by atoms with E-state index >= 15 is 0 Å². The number of thiocarbonyl (C=S) groups is 1. The summed E-state index contributed by atoms with van der Waals surface area (Å²) in [4.78, 5) is 7.42. The van der Waals surface area contributed by atoms with Crippen molar-refractivity contribution in [3.05, 3.63) is 18.2 Å². The lowest BCUT2D eigenvalue weighted by Gasteiger charge is -1.90. The van der Waals surface area contributed by atoms with Gasteiger partial charge in [0, 0.05) is 12.4 Å². The van der Waals surface area contributed by atoms with Gasteiger partial charge >= 0.3 is 0 Å². The van der Waals surface area contributed by atoms with Crippen molar-refractivity contribution in [1.82, 2.24) is 15.4 Å². The minimum Gasteiger partial charge on any atom is -0.344 e. The molecule has 0 bridgehead atoms. The van der Waals surface area contributed by atoms with Crippen LogP contribution >= 0.6 is 12.2 Å². The molecule has 1 aromatic heterocycles. The molecule has 1 aromatic rings. The summed E-state index contributed by atoms with van der Waals surface area (Å²) >= 11 is 4.73. The molecule has 0 atom stereocenters. The summed E-state index contributed by atoms with van der Waals surface area (Å²) in [5, 5.41) is 3.80. The Kier molecular flexibility index (Phi) is 2.74. The van der Waals surface area contributed by atoms with Gasteiger partial charge in [-0.2, -0.15) is 5.10 Å². The second-order valence-electron chi connectivity index (χ2n) is 1.90. The van der Waals surface area contributed by atoms with Crippen molar-refractivity contribution in [3.8, 4) is 0 Å². The molecule has 0 fully saturated rings. The number of aromatic amines is 1. The Hall–Kier alpha value is -1.23. The maximum Gasteiger partial charge on any atom is 0.150 e. The Morgan fingerprint density at radius 3 is 3.27 bits per heavy atom. The summed E-state index contributed by atoms with van der Waals surface area (Å²) in [6.45, 7) is 1.76. The average molecular weight is 168 g/mol. The number of nitrogens with zero attached hydrogens (tertiary/aromatic N) is 2. The lowest BCUT2D eigenvalue weighted by atomic mass is 10.7. The Balaban J connectivity index is 2.43. The Morgan fingerprint density at radius 2 is 2.73 bits per heavy atom. The van der Waals surface area contributed by atoms with E-state index in [1.54, 1.807) is 25.5 Å². The zero-order valence-corrected chi connectivity index (χ0v) is 6.85. The summed E-state index contributed by atoms with van der Waals surface area (Å²) in [6, 6.07) is 0. The predicted octanol–water partition coefficient (Wildman–Crippen LogP) is 0.680. The van der Waals surface area contributed by atoms with Gasteiger partial charge in [0.25, 0.3) is 0 Å². The molecule has 4 nitrogen and oxygen atoms in total. The standard InChI is InChI=1S/C6H8N4S/c1-5(11)10-9-4-6-7-2-3-8-6/h2-4H,1H3,(H,7,8)(H,10,11). The van der Waals surface area contributed by atoms with Crippen LogP contribution in [0.4, 0.5) is 0 Å². The van der Waals surface area contributed by atoms with Crippen molar-refractivity contribution in [2.24, 2.45) is 5.10 Å². The molecule has 11 heavy (non-hydrogen) atoms. The van der Waals surface area contributed by atoms with Crippen LogP contribution in [0.5, 0.6) is 0 Å². The first-order valence-corrected chi connectivity index (χ1v) is 3.49. The van der Waals surface area contributed by atoms with Crippen LogP contribution in [0.15, 0.2) is 17.5 Å². The van der Waals surface area contributed by atoms with Gasteiger partial charge in [0.05, 0.1) is 11.2 Å². The van der Waals surface area contributed by atoms with Crippen LogP contribution in [0.1, 0.15) is 12.7 Å². The molecule has 0 aliphatic heterocycles. The van der Waals surface area contributed by atoms with Crippen LogP contribution in [0.3, 0.4) is 0 Å². The number of hydrogen-bond donors (Lipinski definition) is 2. The third-order valence-electron chi connectivity index (χ3n) is 0.928. The molecule has 0 aliphatic rings. The molecule has 0 amide bonds. The first-order chi connectivity index (χ1) is 5.29. The molecule has 1 heterocycles. The van der Waals surface area contributed by atoms with E-state index in [1.807, 2.05) is 0 Å². The highest BCUT2D eigenvalue weighted by molar-refractivity contribution is 7.80. The van der Waals surface area contributed by atoms with Gasteiger partial charge in [0.1, 0.15) is 5.82 Å². The van der Waals surface area contributed by atoms with Gasteiger partial charge in [0.2, 0.25) is 0 Å². The van der Waals surface area contributed by atoms with Gasteiger partial charge in [-0.05, 0) is 6.92 Å². The SMILES string of the molecule is CC(=S)NN=Cc1ncc[nH]1. The smallest absolute Gasteiger partial charge is 0.150 e. The highest BCUT2D eigenvalue weighted by Crippen LogP contribution is 1.80. The van der Waals surface area contributed by atoms with Crippen molar-refractivity contribution in [2.75, 3.05) is 0 Å². The normalized spacial score (nSPS) is 10.3. The molecule has 1 rings (SSSR count). The molecular formula is C6H8N4S. The molecule has 58 valence electrons. The van der Waals surface area contributed by atoms with Crippen molar-refractivity contribution in [1.29, 1.82) is 0 Å². The van der Waals surface area contributed by atoms with E-state index in [4.69, 9.17) is 12.2 Å². The van der Waals surface area contributed by atoms with E-state index in [2.05, 4.69) is 20.5 Å². The molecule has 0 radical (unpaired) electrons. The highest BCUT2D eigenvalue weighted by Gasteiger charge is 1.85. The number of nitrogens with one attached hydrogen (secondary N) is 2. The molecule has 0 saturated heterocycles. The second-order valence-corrected chi connectivity index (χ2v) is 2.51. The fourth-order valence-electron chi connectivity index (χ4n) is 0.532. The summed E-state index contributed by atoms with van der Waals surface area (Å²) in [5.41, 5.74) is 2.62. The third-order valence-corrected chi connectivity index (χ3v) is 1.02. The lowest BCUT2D eigenvalue weighted by molar-refractivity contribution is 1.04. The molecule has 5 heteroatoms. The maximum absolute atomic E-state index is 4.73. The minimum absolute atomic E-state index is 0.632. The van der Waals surface area contributed by atoms with Gasteiger partial charge in [-0.1, -0.05) is 12.2 Å². The molecule has 0 aromatic carbocycles. The number of hydrogen-bond acceptors (Lipinski definition) is 3. The van der Waals surface area contributed by atoms with Gasteiger partial charge in [-0.25, -0.2) is 4.98 Å². The molecule has 0 unspecified atom stereocenters. The molecule has 0 spiro atoms. The minimum atomic E-state index is 0.632. The molecule has 0 aliphatic carbocycles. The van der Waals surface area contributed by atoms with Crippen LogP contribution in [0.2, 0.25) is 0 Å². The maximum atomic E-state index is 4.73. The molecule has 0 saturated carbocycles. The van der Waals surface area contributed by atoms with Crippen molar-refractivity contribution >= 4 is 23.4 Å². The zero-order valence-electron chi connectivity index (χ0n) is 6.03. The number of rotatable bonds is 2. The van der Waals surface area contributed by atoms with E-state index in [0.717, 1.165) is 0 Å². The van der Waals surface area contributed by atoms with E-state index in [-0.39, 0.29) is 0 Å². The van der Waals surface area contributed by atoms with E-state index < -0.39 is 0 Å². The zero-order chi connectivity index (χ0) is 8.10. The number of imidazole rings is 1. The summed E-state index contributed by atoms with van der Waals surface area (Å²) in [5.74, 6) is 0.703. The van der Waals surface area contributed by atoms with E-state index in [1.165, 1.54) is 0 Å². The van der Waals surface area contributed by atoms with Crippen LogP contribution in [0.25, 0.3) is 0 Å². The first kappa shape index (κ1) is 7.87. The quantitative estimate of drug-likeness (QED) is 0.388. The van der Waals surface area contributed by atoms with Crippen LogP contribution in [0, 0.1) is 0 Å².